The summed E-state index contributed by atoms with van der Waals surface area (Å²) in [4.78, 5) is 20.2. The fourth-order valence-electron chi connectivity index (χ4n) is 3.40. The van der Waals surface area contributed by atoms with E-state index in [2.05, 4.69) is 9.97 Å². The van der Waals surface area contributed by atoms with Crippen LogP contribution in [0.3, 0.4) is 0 Å². The van der Waals surface area contributed by atoms with E-state index in [0.717, 1.165) is 23.3 Å². The van der Waals surface area contributed by atoms with E-state index < -0.39 is 22.5 Å². The standard InChI is InChI=1S/C26H18ClF3N4O3/c27-22-5-4-20(13-21(22)26(28,29)30)37-23-6-3-17(12-19(23)14-31)8-11-36-24-7-10-34(25(35)33-24)16-18-2-1-9-32-15-18/h1-7,9-10,12-13,15H,8,11,16H2. The molecule has 0 N–H and O–H groups in total. The molecule has 0 spiro atoms. The molecule has 188 valence electrons. The molecule has 0 bridgehead atoms. The van der Waals surface area contributed by atoms with E-state index >= 15 is 0 Å². The molecule has 0 amide bonds. The number of aromatic nitrogens is 3. The predicted molar refractivity (Wildman–Crippen MR) is 129 cm³/mol. The van der Waals surface area contributed by atoms with E-state index in [4.69, 9.17) is 21.1 Å². The minimum absolute atomic E-state index is 0.0986. The zero-order valence-corrected chi connectivity index (χ0v) is 19.8. The van der Waals surface area contributed by atoms with Crippen molar-refractivity contribution in [3.05, 3.63) is 111 Å². The molecule has 2 heterocycles. The Balaban J connectivity index is 1.38. The summed E-state index contributed by atoms with van der Waals surface area (Å²) in [5, 5.41) is 9.05. The largest absolute Gasteiger partial charge is 0.477 e. The van der Waals surface area contributed by atoms with Gasteiger partial charge < -0.3 is 9.47 Å². The Morgan fingerprint density at radius 1 is 1.08 bits per heavy atom. The highest BCUT2D eigenvalue weighted by molar-refractivity contribution is 6.31. The Bertz CT molecular complexity index is 1500. The minimum Gasteiger partial charge on any atom is -0.477 e. The molecule has 0 aliphatic rings. The normalized spacial score (nSPS) is 11.1. The van der Waals surface area contributed by atoms with Crippen molar-refractivity contribution in [3.63, 3.8) is 0 Å². The van der Waals surface area contributed by atoms with E-state index in [9.17, 15) is 23.2 Å². The molecular formula is C26H18ClF3N4O3. The maximum absolute atomic E-state index is 13.1. The third-order valence-corrected chi connectivity index (χ3v) is 5.53. The highest BCUT2D eigenvalue weighted by Gasteiger charge is 2.33. The number of nitrogens with zero attached hydrogens (tertiary/aromatic N) is 4. The molecular weight excluding hydrogens is 509 g/mol. The summed E-state index contributed by atoms with van der Waals surface area (Å²) < 4.78 is 51.9. The van der Waals surface area contributed by atoms with Gasteiger partial charge in [0.15, 0.2) is 0 Å². The molecule has 0 aliphatic carbocycles. The first-order valence-electron chi connectivity index (χ1n) is 10.9. The number of halogens is 4. The zero-order chi connectivity index (χ0) is 26.4. The van der Waals surface area contributed by atoms with Crippen LogP contribution in [0, 0.1) is 11.3 Å². The van der Waals surface area contributed by atoms with Gasteiger partial charge in [-0.2, -0.15) is 23.4 Å². The van der Waals surface area contributed by atoms with Crippen molar-refractivity contribution in [2.75, 3.05) is 6.61 Å². The Hall–Kier alpha value is -4.36. The number of pyridine rings is 1. The lowest BCUT2D eigenvalue weighted by molar-refractivity contribution is -0.137. The lowest BCUT2D eigenvalue weighted by atomic mass is 10.1. The van der Waals surface area contributed by atoms with Crippen LogP contribution in [-0.2, 0) is 19.1 Å². The Labute approximate surface area is 214 Å². The summed E-state index contributed by atoms with van der Waals surface area (Å²) in [5.41, 5.74) is 0.221. The molecule has 2 aromatic heterocycles. The molecule has 0 fully saturated rings. The number of benzene rings is 2. The SMILES string of the molecule is N#Cc1cc(CCOc2ccn(Cc3cccnc3)c(=O)n2)ccc1Oc1ccc(Cl)c(C(F)(F)F)c1. The number of alkyl halides is 3. The molecule has 0 unspecified atom stereocenters. The van der Waals surface area contributed by atoms with E-state index in [1.165, 1.54) is 16.7 Å². The molecule has 4 aromatic rings. The quantitative estimate of drug-likeness (QED) is 0.295. The average molecular weight is 527 g/mol. The maximum atomic E-state index is 13.1. The average Bonchev–Trinajstić information content (AvgIpc) is 2.87. The van der Waals surface area contributed by atoms with Gasteiger partial charge in [-0.25, -0.2) is 4.79 Å². The maximum Gasteiger partial charge on any atom is 0.417 e. The summed E-state index contributed by atoms with van der Waals surface area (Å²) in [6.45, 7) is 0.509. The number of hydrogen-bond donors (Lipinski definition) is 0. The molecule has 2 aromatic carbocycles. The highest BCUT2D eigenvalue weighted by Crippen LogP contribution is 2.38. The molecule has 0 saturated heterocycles. The molecule has 0 aliphatic heterocycles. The minimum atomic E-state index is -4.64. The lowest BCUT2D eigenvalue weighted by Gasteiger charge is -2.13. The monoisotopic (exact) mass is 526 g/mol. The number of hydrogen-bond acceptors (Lipinski definition) is 6. The van der Waals surface area contributed by atoms with Gasteiger partial charge in [0.2, 0.25) is 5.88 Å². The molecule has 0 atom stereocenters. The van der Waals surface area contributed by atoms with Crippen LogP contribution in [-0.4, -0.2) is 21.1 Å². The second kappa shape index (κ2) is 11.1. The topological polar surface area (TPSA) is 90.0 Å². The van der Waals surface area contributed by atoms with Crippen LogP contribution in [0.25, 0.3) is 0 Å². The zero-order valence-electron chi connectivity index (χ0n) is 19.1. The molecule has 37 heavy (non-hydrogen) atoms. The summed E-state index contributed by atoms with van der Waals surface area (Å²) in [6, 6.07) is 15.1. The van der Waals surface area contributed by atoms with Crippen LogP contribution >= 0.6 is 11.6 Å². The van der Waals surface area contributed by atoms with Crippen molar-refractivity contribution < 1.29 is 22.6 Å². The molecule has 7 nitrogen and oxygen atoms in total. The van der Waals surface area contributed by atoms with Crippen LogP contribution in [0.5, 0.6) is 17.4 Å². The van der Waals surface area contributed by atoms with Gasteiger partial charge in [0.1, 0.15) is 17.6 Å². The van der Waals surface area contributed by atoms with Gasteiger partial charge in [0.05, 0.1) is 29.3 Å². The summed E-state index contributed by atoms with van der Waals surface area (Å²) in [5.74, 6) is 0.159. The Morgan fingerprint density at radius 2 is 1.92 bits per heavy atom. The molecule has 4 rings (SSSR count). The summed E-state index contributed by atoms with van der Waals surface area (Å²) in [6.07, 6.45) is 0.637. The van der Waals surface area contributed by atoms with Crippen molar-refractivity contribution in [3.8, 4) is 23.4 Å². The van der Waals surface area contributed by atoms with Gasteiger partial charge >= 0.3 is 11.9 Å². The van der Waals surface area contributed by atoms with E-state index in [1.807, 2.05) is 12.1 Å². The Kier molecular flexibility index (Phi) is 7.74. The molecule has 0 saturated carbocycles. The fourth-order valence-corrected chi connectivity index (χ4v) is 3.62. The van der Waals surface area contributed by atoms with E-state index in [0.29, 0.717) is 13.0 Å². The van der Waals surface area contributed by atoms with Crippen LogP contribution in [0.1, 0.15) is 22.3 Å². The number of nitriles is 1. The predicted octanol–water partition coefficient (Wildman–Crippen LogP) is 5.64. The van der Waals surface area contributed by atoms with Crippen molar-refractivity contribution in [2.45, 2.75) is 19.1 Å². The van der Waals surface area contributed by atoms with Crippen LogP contribution in [0.15, 0.2) is 78.0 Å². The first kappa shape index (κ1) is 25.7. The number of ether oxygens (including phenoxy) is 2. The Morgan fingerprint density at radius 3 is 2.62 bits per heavy atom. The van der Waals surface area contributed by atoms with Gasteiger partial charge in [0, 0.05) is 31.1 Å². The van der Waals surface area contributed by atoms with Gasteiger partial charge in [-0.05, 0) is 47.5 Å². The van der Waals surface area contributed by atoms with Gasteiger partial charge in [-0.15, -0.1) is 0 Å². The van der Waals surface area contributed by atoms with Crippen molar-refractivity contribution in [2.24, 2.45) is 0 Å². The van der Waals surface area contributed by atoms with Crippen molar-refractivity contribution >= 4 is 11.6 Å². The van der Waals surface area contributed by atoms with Crippen LogP contribution in [0.4, 0.5) is 13.2 Å². The second-order valence-electron chi connectivity index (χ2n) is 7.82. The molecule has 11 heteroatoms. The van der Waals surface area contributed by atoms with Gasteiger partial charge in [-0.3, -0.25) is 9.55 Å². The van der Waals surface area contributed by atoms with E-state index in [1.54, 1.807) is 42.9 Å². The third-order valence-electron chi connectivity index (χ3n) is 5.20. The van der Waals surface area contributed by atoms with E-state index in [-0.39, 0.29) is 29.5 Å². The number of rotatable bonds is 8. The lowest BCUT2D eigenvalue weighted by Crippen LogP contribution is -2.23. The fraction of sp³-hybridized carbons (Fsp3) is 0.154. The third kappa shape index (κ3) is 6.65. The van der Waals surface area contributed by atoms with Gasteiger partial charge in [0.25, 0.3) is 0 Å². The van der Waals surface area contributed by atoms with Crippen LogP contribution in [0.2, 0.25) is 5.02 Å². The molecule has 0 radical (unpaired) electrons. The first-order chi connectivity index (χ1) is 17.7. The van der Waals surface area contributed by atoms with Crippen molar-refractivity contribution in [1.29, 1.82) is 5.26 Å². The summed E-state index contributed by atoms with van der Waals surface area (Å²) >= 11 is 5.64. The van der Waals surface area contributed by atoms with Crippen LogP contribution < -0.4 is 15.2 Å². The summed E-state index contributed by atoms with van der Waals surface area (Å²) in [7, 11) is 0. The second-order valence-corrected chi connectivity index (χ2v) is 8.23. The van der Waals surface area contributed by atoms with Crippen molar-refractivity contribution in [1.82, 2.24) is 14.5 Å². The highest BCUT2D eigenvalue weighted by atomic mass is 35.5. The van der Waals surface area contributed by atoms with Gasteiger partial charge in [-0.1, -0.05) is 23.7 Å². The first-order valence-corrected chi connectivity index (χ1v) is 11.3. The smallest absolute Gasteiger partial charge is 0.417 e.